The van der Waals surface area contributed by atoms with Gasteiger partial charge in [0.1, 0.15) is 0 Å². The normalized spacial score (nSPS) is 16.2. The summed E-state index contributed by atoms with van der Waals surface area (Å²) >= 11 is 0. The molecule has 0 bridgehead atoms. The summed E-state index contributed by atoms with van der Waals surface area (Å²) in [6, 6.07) is 0.739. The van der Waals surface area contributed by atoms with E-state index in [1.54, 1.807) is 4.68 Å². The Labute approximate surface area is 125 Å². The molecule has 1 aliphatic rings. The van der Waals surface area contributed by atoms with Gasteiger partial charge in [0.2, 0.25) is 0 Å². The lowest BCUT2D eigenvalue weighted by Crippen LogP contribution is -2.23. The van der Waals surface area contributed by atoms with Crippen LogP contribution in [0.4, 0.5) is 0 Å². The summed E-state index contributed by atoms with van der Waals surface area (Å²) in [7, 11) is 1.91. The van der Waals surface area contributed by atoms with Gasteiger partial charge in [-0.2, -0.15) is 5.10 Å². The van der Waals surface area contributed by atoms with E-state index in [0.717, 1.165) is 35.4 Å². The van der Waals surface area contributed by atoms with Crippen LogP contribution >= 0.6 is 0 Å². The van der Waals surface area contributed by atoms with Crippen molar-refractivity contribution in [1.29, 1.82) is 0 Å². The van der Waals surface area contributed by atoms with E-state index in [1.165, 1.54) is 18.4 Å². The van der Waals surface area contributed by atoms with Gasteiger partial charge in [-0.15, -0.1) is 0 Å². The lowest BCUT2D eigenvalue weighted by molar-refractivity contribution is 0.603. The molecule has 1 unspecified atom stereocenters. The summed E-state index contributed by atoms with van der Waals surface area (Å²) < 4.78 is 1.78. The number of nitrogens with zero attached hydrogens (tertiary/aromatic N) is 4. The summed E-state index contributed by atoms with van der Waals surface area (Å²) in [6.45, 7) is 7.41. The molecule has 1 atom stereocenters. The monoisotopic (exact) mass is 285 g/mol. The lowest BCUT2D eigenvalue weighted by atomic mass is 9.97. The molecule has 1 saturated carbocycles. The van der Waals surface area contributed by atoms with E-state index < -0.39 is 0 Å². The standard InChI is InChI=1S/C16H23N5/c1-10(7-17-14-5-6-14)15-11(2)19-16(20-12(15)3)13-8-18-21(4)9-13/h8-10,14,17H,5-7H2,1-4H3. The molecule has 2 aromatic heterocycles. The topological polar surface area (TPSA) is 55.6 Å². The Kier molecular flexibility index (Phi) is 3.76. The molecule has 112 valence electrons. The average Bonchev–Trinajstić information content (AvgIpc) is 3.16. The third-order valence-electron chi connectivity index (χ3n) is 4.07. The van der Waals surface area contributed by atoms with Crippen LogP contribution < -0.4 is 5.32 Å². The molecule has 5 nitrogen and oxygen atoms in total. The minimum absolute atomic E-state index is 0.438. The molecule has 0 aromatic carbocycles. The van der Waals surface area contributed by atoms with E-state index >= 15 is 0 Å². The fourth-order valence-corrected chi connectivity index (χ4v) is 2.84. The van der Waals surface area contributed by atoms with Crippen LogP contribution in [0.5, 0.6) is 0 Å². The first-order valence-corrected chi connectivity index (χ1v) is 7.62. The maximum Gasteiger partial charge on any atom is 0.162 e. The Balaban J connectivity index is 1.84. The highest BCUT2D eigenvalue weighted by Gasteiger charge is 2.23. The zero-order valence-corrected chi connectivity index (χ0v) is 13.2. The smallest absolute Gasteiger partial charge is 0.162 e. The molecule has 2 aromatic rings. The molecule has 0 radical (unpaired) electrons. The van der Waals surface area contributed by atoms with E-state index in [1.807, 2.05) is 19.4 Å². The van der Waals surface area contributed by atoms with Crippen LogP contribution in [0.15, 0.2) is 12.4 Å². The van der Waals surface area contributed by atoms with Crippen molar-refractivity contribution in [2.24, 2.45) is 7.05 Å². The number of hydrogen-bond acceptors (Lipinski definition) is 4. The van der Waals surface area contributed by atoms with Crippen molar-refractivity contribution in [2.75, 3.05) is 6.54 Å². The van der Waals surface area contributed by atoms with Gasteiger partial charge in [-0.1, -0.05) is 6.92 Å². The largest absolute Gasteiger partial charge is 0.313 e. The highest BCUT2D eigenvalue weighted by molar-refractivity contribution is 5.53. The minimum Gasteiger partial charge on any atom is -0.313 e. The SMILES string of the molecule is Cc1nc(-c2cnn(C)c2)nc(C)c1C(C)CNC1CC1. The zero-order valence-electron chi connectivity index (χ0n) is 13.2. The van der Waals surface area contributed by atoms with Crippen molar-refractivity contribution in [2.45, 2.75) is 45.6 Å². The maximum absolute atomic E-state index is 4.69. The number of aryl methyl sites for hydroxylation is 3. The Hall–Kier alpha value is -1.75. The second-order valence-corrected chi connectivity index (χ2v) is 6.12. The second kappa shape index (κ2) is 5.56. The quantitative estimate of drug-likeness (QED) is 0.916. The predicted molar refractivity (Wildman–Crippen MR) is 83.1 cm³/mol. The van der Waals surface area contributed by atoms with Crippen molar-refractivity contribution in [3.05, 3.63) is 29.3 Å². The summed E-state index contributed by atoms with van der Waals surface area (Å²) in [5, 5.41) is 7.78. The molecule has 1 fully saturated rings. The first-order chi connectivity index (χ1) is 10.0. The summed E-state index contributed by atoms with van der Waals surface area (Å²) in [5.41, 5.74) is 4.40. The number of nitrogens with one attached hydrogen (secondary N) is 1. The van der Waals surface area contributed by atoms with Crippen molar-refractivity contribution >= 4 is 0 Å². The second-order valence-electron chi connectivity index (χ2n) is 6.12. The fraction of sp³-hybridized carbons (Fsp3) is 0.562. The van der Waals surface area contributed by atoms with Crippen molar-refractivity contribution < 1.29 is 0 Å². The van der Waals surface area contributed by atoms with Gasteiger partial charge < -0.3 is 5.32 Å². The molecule has 2 heterocycles. The van der Waals surface area contributed by atoms with Crippen molar-refractivity contribution in [1.82, 2.24) is 25.1 Å². The van der Waals surface area contributed by atoms with Gasteiger partial charge in [0.25, 0.3) is 0 Å². The molecular weight excluding hydrogens is 262 g/mol. The fourth-order valence-electron chi connectivity index (χ4n) is 2.84. The third kappa shape index (κ3) is 3.13. The van der Waals surface area contributed by atoms with Crippen molar-refractivity contribution in [3.8, 4) is 11.4 Å². The Morgan fingerprint density at radius 3 is 2.48 bits per heavy atom. The molecule has 5 heteroatoms. The van der Waals surface area contributed by atoms with Crippen LogP contribution in [0.1, 0.15) is 42.6 Å². The molecule has 21 heavy (non-hydrogen) atoms. The van der Waals surface area contributed by atoms with Crippen LogP contribution in [-0.4, -0.2) is 32.3 Å². The third-order valence-corrected chi connectivity index (χ3v) is 4.07. The Morgan fingerprint density at radius 1 is 1.29 bits per heavy atom. The summed E-state index contributed by atoms with van der Waals surface area (Å²) in [5.74, 6) is 1.21. The molecule has 0 spiro atoms. The summed E-state index contributed by atoms with van der Waals surface area (Å²) in [6.07, 6.45) is 6.40. The van der Waals surface area contributed by atoms with Gasteiger partial charge >= 0.3 is 0 Å². The van der Waals surface area contributed by atoms with Crippen LogP contribution in [-0.2, 0) is 7.05 Å². The molecule has 0 aliphatic heterocycles. The molecule has 1 aliphatic carbocycles. The molecule has 3 rings (SSSR count). The van der Waals surface area contributed by atoms with Crippen LogP contribution in [0.3, 0.4) is 0 Å². The summed E-state index contributed by atoms with van der Waals surface area (Å²) in [4.78, 5) is 9.38. The molecule has 0 saturated heterocycles. The lowest BCUT2D eigenvalue weighted by Gasteiger charge is -2.17. The minimum atomic E-state index is 0.438. The van der Waals surface area contributed by atoms with Crippen LogP contribution in [0.2, 0.25) is 0 Å². The van der Waals surface area contributed by atoms with E-state index in [0.29, 0.717) is 5.92 Å². The van der Waals surface area contributed by atoms with Gasteiger partial charge in [-0.3, -0.25) is 4.68 Å². The Bertz CT molecular complexity index is 619. The van der Waals surface area contributed by atoms with Gasteiger partial charge in [0.15, 0.2) is 5.82 Å². The highest BCUT2D eigenvalue weighted by atomic mass is 15.2. The molecular formula is C16H23N5. The molecule has 0 amide bonds. The van der Waals surface area contributed by atoms with Gasteiger partial charge in [0.05, 0.1) is 11.8 Å². The van der Waals surface area contributed by atoms with Crippen LogP contribution in [0.25, 0.3) is 11.4 Å². The first kappa shape index (κ1) is 14.2. The molecule has 1 N–H and O–H groups in total. The van der Waals surface area contributed by atoms with Gasteiger partial charge in [-0.05, 0) is 38.2 Å². The average molecular weight is 285 g/mol. The number of aromatic nitrogens is 4. The van der Waals surface area contributed by atoms with E-state index in [9.17, 15) is 0 Å². The van der Waals surface area contributed by atoms with Gasteiger partial charge in [0, 0.05) is 37.2 Å². The van der Waals surface area contributed by atoms with E-state index in [2.05, 4.69) is 41.2 Å². The van der Waals surface area contributed by atoms with Crippen LogP contribution in [0, 0.1) is 13.8 Å². The Morgan fingerprint density at radius 2 is 1.95 bits per heavy atom. The van der Waals surface area contributed by atoms with Crippen molar-refractivity contribution in [3.63, 3.8) is 0 Å². The predicted octanol–water partition coefficient (Wildman–Crippen LogP) is 2.35. The van der Waals surface area contributed by atoms with Gasteiger partial charge in [-0.25, -0.2) is 9.97 Å². The van der Waals surface area contributed by atoms with E-state index in [-0.39, 0.29) is 0 Å². The zero-order chi connectivity index (χ0) is 15.0. The van der Waals surface area contributed by atoms with E-state index in [4.69, 9.17) is 0 Å². The highest BCUT2D eigenvalue weighted by Crippen LogP contribution is 2.25. The number of rotatable bonds is 5. The first-order valence-electron chi connectivity index (χ1n) is 7.62. The number of hydrogen-bond donors (Lipinski definition) is 1. The maximum atomic E-state index is 4.69.